The van der Waals surface area contributed by atoms with Gasteiger partial charge in [-0.2, -0.15) is 0 Å². The Kier molecular flexibility index (Phi) is 6.09. The molecule has 0 bridgehead atoms. The Bertz CT molecular complexity index is 1610. The lowest BCUT2D eigenvalue weighted by molar-refractivity contribution is 0.330. The summed E-state index contributed by atoms with van der Waals surface area (Å²) in [4.78, 5) is 0. The molecule has 4 aromatic carbocycles. The zero-order valence-electron chi connectivity index (χ0n) is 24.8. The van der Waals surface area contributed by atoms with Gasteiger partial charge in [-0.25, -0.2) is 0 Å². The summed E-state index contributed by atoms with van der Waals surface area (Å²) >= 11 is 0. The molecule has 1 atom stereocenters. The Morgan fingerprint density at radius 3 is 1.63 bits per heavy atom. The molecule has 0 heterocycles. The molecule has 0 spiro atoms. The molecule has 4 aromatic rings. The van der Waals surface area contributed by atoms with Crippen molar-refractivity contribution in [2.75, 3.05) is 0 Å². The van der Waals surface area contributed by atoms with Gasteiger partial charge < -0.3 is 0 Å². The Hall–Kier alpha value is -3.90. The predicted molar refractivity (Wildman–Crippen MR) is 173 cm³/mol. The Morgan fingerprint density at radius 1 is 0.610 bits per heavy atom. The van der Waals surface area contributed by atoms with Crippen molar-refractivity contribution in [3.8, 4) is 0 Å². The van der Waals surface area contributed by atoms with Crippen molar-refractivity contribution in [3.05, 3.63) is 172 Å². The van der Waals surface area contributed by atoms with E-state index in [-0.39, 0.29) is 28.1 Å². The summed E-state index contributed by atoms with van der Waals surface area (Å²) in [6.45, 7) is 9.79. The molecule has 0 heteroatoms. The van der Waals surface area contributed by atoms with E-state index in [0.717, 1.165) is 0 Å². The molecule has 1 unspecified atom stereocenters. The number of hydrogen-bond donors (Lipinski definition) is 0. The monoisotopic (exact) mass is 532 g/mol. The second-order valence-corrected chi connectivity index (χ2v) is 13.6. The molecular weight excluding hydrogens is 492 g/mol. The van der Waals surface area contributed by atoms with Crippen LogP contribution in [-0.4, -0.2) is 0 Å². The van der Waals surface area contributed by atoms with Crippen LogP contribution >= 0.6 is 0 Å². The first kappa shape index (κ1) is 26.0. The highest BCUT2D eigenvalue weighted by Gasteiger charge is 2.50. The summed E-state index contributed by atoms with van der Waals surface area (Å²) in [5.41, 5.74) is 11.4. The fourth-order valence-corrected chi connectivity index (χ4v) is 7.99. The highest BCUT2D eigenvalue weighted by atomic mass is 14.5. The highest BCUT2D eigenvalue weighted by Crippen LogP contribution is 2.59. The second-order valence-electron chi connectivity index (χ2n) is 13.6. The Morgan fingerprint density at radius 2 is 1.10 bits per heavy atom. The van der Waals surface area contributed by atoms with Gasteiger partial charge in [-0.3, -0.25) is 0 Å². The molecule has 3 aliphatic carbocycles. The summed E-state index contributed by atoms with van der Waals surface area (Å²) in [7, 11) is 0. The van der Waals surface area contributed by atoms with E-state index in [2.05, 4.69) is 161 Å². The minimum atomic E-state index is -0.292. The SMILES string of the molecule is CC1(C)CCC(C)(C)c2cc3c(cc21)C(c1ccccc1)=CC3C(c1ccccc1)(c1ccccc1)C1C=CC=C1. The standard InChI is InChI=1S/C41H40/c1-39(2)24-25-40(3,4)38-28-35-34(27-37(38)39)33(29-16-8-5-9-17-29)26-36(35)41(32-22-14-15-23-32,30-18-10-6-11-19-30)31-20-12-7-13-21-31/h5-23,26-28,32,36H,24-25H2,1-4H3. The van der Waals surface area contributed by atoms with Crippen molar-refractivity contribution in [2.45, 2.75) is 62.7 Å². The van der Waals surface area contributed by atoms with Gasteiger partial charge in [0.1, 0.15) is 0 Å². The quantitative estimate of drug-likeness (QED) is 0.240. The molecule has 204 valence electrons. The average molecular weight is 533 g/mol. The van der Waals surface area contributed by atoms with Crippen molar-refractivity contribution in [1.29, 1.82) is 0 Å². The van der Waals surface area contributed by atoms with E-state index in [0.29, 0.717) is 0 Å². The topological polar surface area (TPSA) is 0 Å². The molecule has 0 saturated heterocycles. The van der Waals surface area contributed by atoms with Gasteiger partial charge in [0, 0.05) is 17.3 Å². The highest BCUT2D eigenvalue weighted by molar-refractivity contribution is 5.88. The smallest absolute Gasteiger partial charge is 0.0403 e. The van der Waals surface area contributed by atoms with Gasteiger partial charge in [0.2, 0.25) is 0 Å². The molecule has 7 rings (SSSR count). The van der Waals surface area contributed by atoms with Crippen LogP contribution < -0.4 is 0 Å². The maximum absolute atomic E-state index is 2.63. The van der Waals surface area contributed by atoms with Crippen molar-refractivity contribution >= 4 is 5.57 Å². The van der Waals surface area contributed by atoms with Gasteiger partial charge in [-0.1, -0.05) is 161 Å². The maximum atomic E-state index is 2.63. The number of fused-ring (bicyclic) bond motifs is 2. The molecule has 41 heavy (non-hydrogen) atoms. The molecule has 0 N–H and O–H groups in total. The van der Waals surface area contributed by atoms with Crippen molar-refractivity contribution in [3.63, 3.8) is 0 Å². The lowest BCUT2D eigenvalue weighted by Crippen LogP contribution is -2.40. The first-order valence-corrected chi connectivity index (χ1v) is 15.2. The average Bonchev–Trinajstić information content (AvgIpc) is 3.67. The molecule has 0 nitrogen and oxygen atoms in total. The van der Waals surface area contributed by atoms with Crippen LogP contribution in [0, 0.1) is 5.92 Å². The van der Waals surface area contributed by atoms with Gasteiger partial charge in [0.05, 0.1) is 0 Å². The lowest BCUT2D eigenvalue weighted by Gasteiger charge is -2.45. The van der Waals surface area contributed by atoms with Crippen LogP contribution in [0.15, 0.2) is 134 Å². The van der Waals surface area contributed by atoms with Gasteiger partial charge >= 0.3 is 0 Å². The number of benzene rings is 4. The lowest BCUT2D eigenvalue weighted by atomic mass is 9.57. The van der Waals surface area contributed by atoms with Crippen LogP contribution in [0.1, 0.15) is 85.4 Å². The summed E-state index contributed by atoms with van der Waals surface area (Å²) in [6, 6.07) is 38.8. The molecule has 3 aliphatic rings. The third-order valence-electron chi connectivity index (χ3n) is 10.3. The fraction of sp³-hybridized carbons (Fsp3) is 0.268. The van der Waals surface area contributed by atoms with Crippen LogP contribution in [0.5, 0.6) is 0 Å². The summed E-state index contributed by atoms with van der Waals surface area (Å²) in [5.74, 6) is 0.401. The van der Waals surface area contributed by atoms with Crippen molar-refractivity contribution in [1.82, 2.24) is 0 Å². The van der Waals surface area contributed by atoms with Gasteiger partial charge in [0.15, 0.2) is 0 Å². The van der Waals surface area contributed by atoms with Crippen LogP contribution in [0.25, 0.3) is 5.57 Å². The summed E-state index contributed by atoms with van der Waals surface area (Å²) in [6.07, 6.45) is 14.4. The predicted octanol–water partition coefficient (Wildman–Crippen LogP) is 10.3. The first-order valence-electron chi connectivity index (χ1n) is 15.2. The van der Waals surface area contributed by atoms with Crippen LogP contribution in [0.2, 0.25) is 0 Å². The van der Waals surface area contributed by atoms with E-state index in [1.807, 2.05) is 0 Å². The third kappa shape index (κ3) is 4.03. The third-order valence-corrected chi connectivity index (χ3v) is 10.3. The summed E-state index contributed by atoms with van der Waals surface area (Å²) in [5, 5.41) is 0. The van der Waals surface area contributed by atoms with E-state index in [1.54, 1.807) is 0 Å². The molecular formula is C41H40. The van der Waals surface area contributed by atoms with Gasteiger partial charge in [0.25, 0.3) is 0 Å². The minimum absolute atomic E-state index is 0.148. The largest absolute Gasteiger partial charge is 0.0764 e. The van der Waals surface area contributed by atoms with Gasteiger partial charge in [-0.15, -0.1) is 0 Å². The molecule has 0 saturated carbocycles. The van der Waals surface area contributed by atoms with E-state index in [9.17, 15) is 0 Å². The molecule has 0 aromatic heterocycles. The Labute approximate surface area is 246 Å². The van der Waals surface area contributed by atoms with Crippen molar-refractivity contribution in [2.24, 2.45) is 5.92 Å². The maximum Gasteiger partial charge on any atom is 0.0403 e. The molecule has 0 radical (unpaired) electrons. The van der Waals surface area contributed by atoms with Crippen molar-refractivity contribution < 1.29 is 0 Å². The van der Waals surface area contributed by atoms with E-state index < -0.39 is 0 Å². The van der Waals surface area contributed by atoms with E-state index in [1.165, 1.54) is 57.4 Å². The number of allylic oxidation sites excluding steroid dienone is 5. The molecule has 0 aliphatic heterocycles. The number of rotatable bonds is 5. The molecule has 0 amide bonds. The number of hydrogen-bond acceptors (Lipinski definition) is 0. The van der Waals surface area contributed by atoms with Crippen LogP contribution in [-0.2, 0) is 16.2 Å². The van der Waals surface area contributed by atoms with E-state index in [4.69, 9.17) is 0 Å². The Balaban J connectivity index is 1.59. The minimum Gasteiger partial charge on any atom is -0.0764 e. The normalized spacial score (nSPS) is 20.5. The van der Waals surface area contributed by atoms with E-state index >= 15 is 0 Å². The first-order chi connectivity index (χ1) is 19.8. The zero-order valence-corrected chi connectivity index (χ0v) is 24.8. The zero-order chi connectivity index (χ0) is 28.2. The van der Waals surface area contributed by atoms with Crippen LogP contribution in [0.3, 0.4) is 0 Å². The second kappa shape index (κ2) is 9.59. The van der Waals surface area contributed by atoms with Gasteiger partial charge in [-0.05, 0) is 68.2 Å². The van der Waals surface area contributed by atoms with Crippen LogP contribution in [0.4, 0.5) is 0 Å². The summed E-state index contributed by atoms with van der Waals surface area (Å²) < 4.78 is 0. The molecule has 0 fully saturated rings. The fourth-order valence-electron chi connectivity index (χ4n) is 7.99.